The Hall–Kier alpha value is -3.68. The van der Waals surface area contributed by atoms with Crippen LogP contribution in [0.2, 0.25) is 0 Å². The summed E-state index contributed by atoms with van der Waals surface area (Å²) in [6, 6.07) is 11.7. The summed E-state index contributed by atoms with van der Waals surface area (Å²) in [6.07, 6.45) is 9.96. The lowest BCUT2D eigenvalue weighted by Crippen LogP contribution is -2.57. The van der Waals surface area contributed by atoms with Crippen molar-refractivity contribution in [2.45, 2.75) is 44.9 Å². The van der Waals surface area contributed by atoms with Gasteiger partial charge in [0, 0.05) is 28.6 Å². The Bertz CT molecular complexity index is 1450. The summed E-state index contributed by atoms with van der Waals surface area (Å²) in [5, 5.41) is 22.4. The van der Waals surface area contributed by atoms with Gasteiger partial charge in [-0.2, -0.15) is 10.2 Å². The highest BCUT2D eigenvalue weighted by molar-refractivity contribution is 5.98. The number of fused-ring (bicyclic) bond motifs is 2. The van der Waals surface area contributed by atoms with Crippen molar-refractivity contribution in [1.82, 2.24) is 20.4 Å². The van der Waals surface area contributed by atoms with E-state index < -0.39 is 0 Å². The molecule has 4 aliphatic carbocycles. The molecule has 4 saturated carbocycles. The fraction of sp³-hybridized carbons (Fsp3) is 0.407. The maximum Gasteiger partial charge on any atom is 0.230 e. The van der Waals surface area contributed by atoms with E-state index in [4.69, 9.17) is 0 Å². The molecule has 0 radical (unpaired) electrons. The van der Waals surface area contributed by atoms with Crippen LogP contribution in [0.4, 0.5) is 11.4 Å². The van der Waals surface area contributed by atoms with Gasteiger partial charge in [0.2, 0.25) is 11.8 Å². The monoisotopic (exact) mass is 468 g/mol. The molecule has 0 aliphatic heterocycles. The molecule has 8 nitrogen and oxygen atoms in total. The van der Waals surface area contributed by atoms with E-state index in [1.165, 1.54) is 6.42 Å². The number of amides is 2. The number of hydrogen-bond donors (Lipinski definition) is 4. The Balaban J connectivity index is 1.10. The van der Waals surface area contributed by atoms with Crippen molar-refractivity contribution < 1.29 is 9.59 Å². The summed E-state index contributed by atoms with van der Waals surface area (Å²) in [5.41, 5.74) is 2.90. The summed E-state index contributed by atoms with van der Waals surface area (Å²) in [5.74, 6) is 1.18. The van der Waals surface area contributed by atoms with Crippen molar-refractivity contribution in [1.29, 1.82) is 0 Å². The zero-order valence-corrected chi connectivity index (χ0v) is 19.4. The van der Waals surface area contributed by atoms with Crippen molar-refractivity contribution >= 4 is 45.0 Å². The van der Waals surface area contributed by atoms with Crippen LogP contribution in [0, 0.1) is 22.7 Å². The van der Waals surface area contributed by atoms with Crippen LogP contribution in [0.5, 0.6) is 0 Å². The highest BCUT2D eigenvalue weighted by Gasteiger charge is 2.60. The van der Waals surface area contributed by atoms with Gasteiger partial charge in [-0.1, -0.05) is 0 Å². The van der Waals surface area contributed by atoms with Crippen LogP contribution in [-0.4, -0.2) is 32.2 Å². The number of nitrogens with zero attached hydrogens (tertiary/aromatic N) is 2. The van der Waals surface area contributed by atoms with E-state index in [9.17, 15) is 9.59 Å². The average Bonchev–Trinajstić information content (AvgIpc) is 3.46. The smallest absolute Gasteiger partial charge is 0.230 e. The quantitative estimate of drug-likeness (QED) is 0.330. The summed E-state index contributed by atoms with van der Waals surface area (Å²) in [6.45, 7) is 0. The normalized spacial score (nSPS) is 29.0. The Morgan fingerprint density at radius 2 is 1.46 bits per heavy atom. The molecule has 0 spiro atoms. The zero-order chi connectivity index (χ0) is 23.6. The summed E-state index contributed by atoms with van der Waals surface area (Å²) >= 11 is 0. The third-order valence-electron chi connectivity index (χ3n) is 8.62. The van der Waals surface area contributed by atoms with Crippen molar-refractivity contribution in [2.24, 2.45) is 22.7 Å². The lowest BCUT2D eigenvalue weighted by Gasteiger charge is -2.61. The van der Waals surface area contributed by atoms with Gasteiger partial charge in [0.25, 0.3) is 0 Å². The van der Waals surface area contributed by atoms with Gasteiger partial charge in [-0.3, -0.25) is 19.8 Å². The molecule has 4 aromatic rings. The molecule has 2 aromatic heterocycles. The first-order valence-corrected chi connectivity index (χ1v) is 12.5. The third-order valence-corrected chi connectivity index (χ3v) is 8.62. The first-order valence-electron chi connectivity index (χ1n) is 12.5. The number of carbonyl (C=O) groups excluding carboxylic acids is 2. The first kappa shape index (κ1) is 20.7. The maximum atomic E-state index is 13.7. The minimum atomic E-state index is -0.387. The number of anilines is 2. The van der Waals surface area contributed by atoms with Gasteiger partial charge in [0.15, 0.2) is 0 Å². The fourth-order valence-corrected chi connectivity index (χ4v) is 7.76. The molecule has 4 fully saturated rings. The Kier molecular flexibility index (Phi) is 4.38. The van der Waals surface area contributed by atoms with Crippen molar-refractivity contribution in [2.75, 3.05) is 10.6 Å². The molecule has 4 aliphatic rings. The maximum absolute atomic E-state index is 13.7. The average molecular weight is 469 g/mol. The second-order valence-corrected chi connectivity index (χ2v) is 11.3. The number of rotatable bonds is 5. The van der Waals surface area contributed by atoms with Gasteiger partial charge >= 0.3 is 0 Å². The van der Waals surface area contributed by atoms with Crippen LogP contribution < -0.4 is 10.6 Å². The van der Waals surface area contributed by atoms with Crippen LogP contribution in [0.3, 0.4) is 0 Å². The molecule has 178 valence electrons. The summed E-state index contributed by atoms with van der Waals surface area (Å²) in [4.78, 5) is 26.9. The Morgan fingerprint density at radius 1 is 0.857 bits per heavy atom. The van der Waals surface area contributed by atoms with Crippen LogP contribution in [0.15, 0.2) is 48.8 Å². The topological polar surface area (TPSA) is 116 Å². The van der Waals surface area contributed by atoms with E-state index in [0.29, 0.717) is 18.3 Å². The van der Waals surface area contributed by atoms with Crippen molar-refractivity contribution in [3.05, 3.63) is 48.8 Å². The molecular formula is C27H28N6O2. The molecule has 4 bridgehead atoms. The molecule has 2 atom stereocenters. The lowest BCUT2D eigenvalue weighted by atomic mass is 9.43. The number of carbonyl (C=O) groups is 2. The fourth-order valence-electron chi connectivity index (χ4n) is 7.76. The highest BCUT2D eigenvalue weighted by atomic mass is 16.2. The van der Waals surface area contributed by atoms with Crippen molar-refractivity contribution in [3.63, 3.8) is 0 Å². The molecule has 2 unspecified atom stereocenters. The predicted octanol–water partition coefficient (Wildman–Crippen LogP) is 4.99. The second kappa shape index (κ2) is 7.41. The number of H-pyrrole nitrogens is 2. The van der Waals surface area contributed by atoms with Gasteiger partial charge in [-0.15, -0.1) is 0 Å². The minimum Gasteiger partial charge on any atom is -0.326 e. The lowest BCUT2D eigenvalue weighted by molar-refractivity contribution is -0.155. The van der Waals surface area contributed by atoms with Gasteiger partial charge < -0.3 is 10.6 Å². The van der Waals surface area contributed by atoms with Gasteiger partial charge in [0.1, 0.15) is 0 Å². The number of aromatic amines is 2. The SMILES string of the molecule is O=C(CC12CC3CC(C1)CC(C(=O)Nc1ccc4cn[nH]c4c1)(C3)C2)Nc1ccc2cn[nH]c2c1. The van der Waals surface area contributed by atoms with E-state index in [1.807, 2.05) is 36.4 Å². The first-order chi connectivity index (χ1) is 17.0. The van der Waals surface area contributed by atoms with Gasteiger partial charge in [0.05, 0.1) is 28.8 Å². The minimum absolute atomic E-state index is 0.0334. The Morgan fingerprint density at radius 3 is 2.09 bits per heavy atom. The molecule has 8 heteroatoms. The largest absolute Gasteiger partial charge is 0.326 e. The molecule has 2 aromatic carbocycles. The van der Waals surface area contributed by atoms with E-state index in [0.717, 1.165) is 65.3 Å². The third kappa shape index (κ3) is 3.50. The van der Waals surface area contributed by atoms with Gasteiger partial charge in [-0.25, -0.2) is 0 Å². The number of aromatic nitrogens is 4. The van der Waals surface area contributed by atoms with Gasteiger partial charge in [-0.05, 0) is 92.2 Å². The zero-order valence-electron chi connectivity index (χ0n) is 19.4. The molecule has 2 amide bonds. The molecular weight excluding hydrogens is 440 g/mol. The van der Waals surface area contributed by atoms with Crippen molar-refractivity contribution in [3.8, 4) is 0 Å². The van der Waals surface area contributed by atoms with E-state index in [2.05, 4.69) is 31.0 Å². The second-order valence-electron chi connectivity index (χ2n) is 11.3. The van der Waals surface area contributed by atoms with Crippen LogP contribution in [-0.2, 0) is 9.59 Å². The molecule has 0 saturated heterocycles. The molecule has 8 rings (SSSR count). The van der Waals surface area contributed by atoms with E-state index >= 15 is 0 Å². The van der Waals surface area contributed by atoms with Crippen LogP contribution in [0.1, 0.15) is 44.9 Å². The number of hydrogen-bond acceptors (Lipinski definition) is 4. The summed E-state index contributed by atoms with van der Waals surface area (Å²) < 4.78 is 0. The van der Waals surface area contributed by atoms with E-state index in [1.54, 1.807) is 12.4 Å². The number of nitrogens with one attached hydrogen (secondary N) is 4. The van der Waals surface area contributed by atoms with Crippen LogP contribution in [0.25, 0.3) is 21.8 Å². The standard InChI is InChI=1S/C27H28N6O2/c34-24(30-20-3-1-18-13-28-32-22(18)6-20)12-26-8-16-5-17(9-26)11-27(10-16,15-26)25(35)31-21-4-2-19-14-29-33-23(19)7-21/h1-4,6-7,13-14,16-17H,5,8-12,15H2,(H,28,32)(H,29,33)(H,30,34)(H,31,35). The van der Waals surface area contributed by atoms with Crippen LogP contribution >= 0.6 is 0 Å². The Labute approximate surface area is 202 Å². The molecule has 2 heterocycles. The highest BCUT2D eigenvalue weighted by Crippen LogP contribution is 2.66. The predicted molar refractivity (Wildman–Crippen MR) is 134 cm³/mol. The molecule has 4 N–H and O–H groups in total. The van der Waals surface area contributed by atoms with E-state index in [-0.39, 0.29) is 22.6 Å². The molecule has 35 heavy (non-hydrogen) atoms. The number of benzene rings is 2. The summed E-state index contributed by atoms with van der Waals surface area (Å²) in [7, 11) is 0.